The Morgan fingerprint density at radius 3 is 2.63 bits per heavy atom. The molecule has 0 bridgehead atoms. The van der Waals surface area contributed by atoms with Gasteiger partial charge in [0.05, 0.1) is 16.6 Å². The summed E-state index contributed by atoms with van der Waals surface area (Å²) in [5.41, 5.74) is 0.677. The van der Waals surface area contributed by atoms with E-state index >= 15 is 0 Å². The number of carbonyl (C=O) groups excluding carboxylic acids is 1. The molecule has 7 nitrogen and oxygen atoms in total. The minimum Gasteiger partial charge on any atom is -0.481 e. The van der Waals surface area contributed by atoms with Crippen LogP contribution >= 0.6 is 11.6 Å². The van der Waals surface area contributed by atoms with E-state index in [0.717, 1.165) is 12.8 Å². The number of halogens is 1. The Bertz CT molecular complexity index is 845. The van der Waals surface area contributed by atoms with Gasteiger partial charge in [-0.1, -0.05) is 37.6 Å². The third-order valence-corrected chi connectivity index (χ3v) is 4.79. The fourth-order valence-corrected chi connectivity index (χ4v) is 3.18. The normalized spacial score (nSPS) is 15.0. The molecule has 0 radical (unpaired) electrons. The van der Waals surface area contributed by atoms with Crippen molar-refractivity contribution < 1.29 is 14.7 Å². The summed E-state index contributed by atoms with van der Waals surface area (Å²) in [5.74, 6) is -0.793. The number of aliphatic carboxylic acids is 1. The molecule has 0 spiro atoms. The molecule has 144 valence electrons. The van der Waals surface area contributed by atoms with E-state index in [1.54, 1.807) is 10.7 Å². The smallest absolute Gasteiger partial charge is 0.308 e. The summed E-state index contributed by atoms with van der Waals surface area (Å²) < 4.78 is 1.62. The van der Waals surface area contributed by atoms with Gasteiger partial charge < -0.3 is 10.4 Å². The maximum atomic E-state index is 12.5. The highest BCUT2D eigenvalue weighted by Gasteiger charge is 2.32. The van der Waals surface area contributed by atoms with Gasteiger partial charge in [0.15, 0.2) is 0 Å². The third-order valence-electron chi connectivity index (χ3n) is 4.47. The number of nitrogens with zero attached hydrogens (tertiary/aromatic N) is 3. The van der Waals surface area contributed by atoms with Crippen LogP contribution in [0.15, 0.2) is 24.3 Å². The predicted octanol–water partition coefficient (Wildman–Crippen LogP) is 3.27. The Balaban J connectivity index is 1.79. The predicted molar refractivity (Wildman–Crippen MR) is 101 cm³/mol. The van der Waals surface area contributed by atoms with Crippen LogP contribution in [0.1, 0.15) is 55.5 Å². The van der Waals surface area contributed by atoms with E-state index in [0.29, 0.717) is 23.0 Å². The molecule has 1 amide bonds. The second-order valence-electron chi connectivity index (χ2n) is 7.31. The lowest BCUT2D eigenvalue weighted by Crippen LogP contribution is -2.34. The summed E-state index contributed by atoms with van der Waals surface area (Å²) in [4.78, 5) is 28.3. The van der Waals surface area contributed by atoms with Crippen molar-refractivity contribution in [3.63, 3.8) is 0 Å². The summed E-state index contributed by atoms with van der Waals surface area (Å²) in [6.45, 7) is 3.95. The molecule has 1 fully saturated rings. The van der Waals surface area contributed by atoms with Gasteiger partial charge in [0.25, 0.3) is 5.91 Å². The molecule has 1 aliphatic rings. The van der Waals surface area contributed by atoms with Gasteiger partial charge in [-0.05, 0) is 37.3 Å². The average Bonchev–Trinajstić information content (AvgIpc) is 3.37. The summed E-state index contributed by atoms with van der Waals surface area (Å²) in [7, 11) is 0. The monoisotopic (exact) mass is 390 g/mol. The Morgan fingerprint density at radius 1 is 1.33 bits per heavy atom. The maximum Gasteiger partial charge on any atom is 0.308 e. The molecular formula is C19H23ClN4O3. The second-order valence-corrected chi connectivity index (χ2v) is 7.71. The number of hydrogen-bond acceptors (Lipinski definition) is 4. The van der Waals surface area contributed by atoms with Gasteiger partial charge in [0.2, 0.25) is 5.82 Å². The zero-order valence-corrected chi connectivity index (χ0v) is 16.1. The number of para-hydroxylation sites is 1. The number of nitrogens with one attached hydrogen (secondary N) is 1. The minimum atomic E-state index is -0.919. The van der Waals surface area contributed by atoms with E-state index in [1.165, 1.54) is 0 Å². The average molecular weight is 391 g/mol. The highest BCUT2D eigenvalue weighted by atomic mass is 35.5. The Hall–Kier alpha value is -2.41. The number of carbonyl (C=O) groups is 2. The largest absolute Gasteiger partial charge is 0.481 e. The molecule has 0 saturated heterocycles. The van der Waals surface area contributed by atoms with Crippen LogP contribution in [0.5, 0.6) is 0 Å². The first kappa shape index (κ1) is 19.4. The molecule has 1 heterocycles. The van der Waals surface area contributed by atoms with Gasteiger partial charge in [0, 0.05) is 12.5 Å². The van der Waals surface area contributed by atoms with Gasteiger partial charge in [0.1, 0.15) is 5.82 Å². The van der Waals surface area contributed by atoms with Crippen molar-refractivity contribution in [1.29, 1.82) is 0 Å². The first-order chi connectivity index (χ1) is 12.9. The van der Waals surface area contributed by atoms with Crippen molar-refractivity contribution in [3.05, 3.63) is 40.9 Å². The first-order valence-corrected chi connectivity index (χ1v) is 9.47. The zero-order valence-electron chi connectivity index (χ0n) is 15.4. The van der Waals surface area contributed by atoms with Crippen LogP contribution in [-0.2, 0) is 4.79 Å². The summed E-state index contributed by atoms with van der Waals surface area (Å²) in [6, 6.07) is 7.27. The van der Waals surface area contributed by atoms with E-state index in [1.807, 2.05) is 32.0 Å². The van der Waals surface area contributed by atoms with Gasteiger partial charge in [-0.15, -0.1) is 5.10 Å². The van der Waals surface area contributed by atoms with Gasteiger partial charge in [-0.25, -0.2) is 9.67 Å². The molecule has 0 aliphatic heterocycles. The fourth-order valence-electron chi connectivity index (χ4n) is 2.96. The topological polar surface area (TPSA) is 97.1 Å². The van der Waals surface area contributed by atoms with Crippen LogP contribution < -0.4 is 5.32 Å². The number of aromatic nitrogens is 3. The van der Waals surface area contributed by atoms with E-state index in [-0.39, 0.29) is 24.2 Å². The lowest BCUT2D eigenvalue weighted by atomic mass is 9.97. The Labute approximate surface area is 162 Å². The van der Waals surface area contributed by atoms with Crippen LogP contribution in [0, 0.1) is 11.8 Å². The van der Waals surface area contributed by atoms with E-state index in [4.69, 9.17) is 11.6 Å². The van der Waals surface area contributed by atoms with Crippen molar-refractivity contribution in [2.24, 2.45) is 11.8 Å². The van der Waals surface area contributed by atoms with Crippen LogP contribution in [0.2, 0.25) is 5.02 Å². The molecule has 1 saturated carbocycles. The number of hydrogen-bond donors (Lipinski definition) is 2. The number of benzene rings is 1. The van der Waals surface area contributed by atoms with Gasteiger partial charge in [-0.2, -0.15) is 0 Å². The van der Waals surface area contributed by atoms with Crippen LogP contribution in [0.3, 0.4) is 0 Å². The highest BCUT2D eigenvalue weighted by molar-refractivity contribution is 6.32. The van der Waals surface area contributed by atoms with Crippen molar-refractivity contribution in [2.45, 2.75) is 39.0 Å². The Morgan fingerprint density at radius 2 is 2.04 bits per heavy atom. The minimum absolute atomic E-state index is 0.0329. The molecule has 1 aromatic carbocycles. The lowest BCUT2D eigenvalue weighted by molar-refractivity contribution is -0.142. The number of rotatable bonds is 8. The standard InChI is InChI=1S/C19H23ClN4O3/c1-11(2)9-13(19(26)27)10-21-18(25)16-22-17(12-7-8-12)24(23-16)15-6-4-3-5-14(15)20/h3-6,11-13H,7-10H2,1-2H3,(H,21,25)(H,26,27). The Kier molecular flexibility index (Phi) is 5.79. The van der Waals surface area contributed by atoms with Crippen molar-refractivity contribution >= 4 is 23.5 Å². The van der Waals surface area contributed by atoms with E-state index in [2.05, 4.69) is 15.4 Å². The van der Waals surface area contributed by atoms with E-state index < -0.39 is 17.8 Å². The second kappa shape index (κ2) is 8.08. The summed E-state index contributed by atoms with van der Waals surface area (Å²) in [5, 5.41) is 16.8. The van der Waals surface area contributed by atoms with Gasteiger partial charge in [-0.3, -0.25) is 9.59 Å². The SMILES string of the molecule is CC(C)CC(CNC(=O)c1nc(C2CC2)n(-c2ccccc2Cl)n1)C(=O)O. The molecular weight excluding hydrogens is 368 g/mol. The molecule has 1 aromatic heterocycles. The number of amides is 1. The van der Waals surface area contributed by atoms with Crippen molar-refractivity contribution in [2.75, 3.05) is 6.54 Å². The number of carboxylic acids is 1. The molecule has 1 unspecified atom stereocenters. The van der Waals surface area contributed by atoms with Crippen LogP contribution in [0.25, 0.3) is 5.69 Å². The van der Waals surface area contributed by atoms with Crippen LogP contribution in [-0.4, -0.2) is 38.3 Å². The highest BCUT2D eigenvalue weighted by Crippen LogP contribution is 2.40. The fraction of sp³-hybridized carbons (Fsp3) is 0.474. The van der Waals surface area contributed by atoms with Crippen LogP contribution in [0.4, 0.5) is 0 Å². The maximum absolute atomic E-state index is 12.5. The molecule has 1 atom stereocenters. The summed E-state index contributed by atoms with van der Waals surface area (Å²) in [6.07, 6.45) is 2.49. The van der Waals surface area contributed by atoms with Crippen molar-refractivity contribution in [3.8, 4) is 5.69 Å². The lowest BCUT2D eigenvalue weighted by Gasteiger charge is -2.14. The molecule has 8 heteroatoms. The van der Waals surface area contributed by atoms with E-state index in [9.17, 15) is 14.7 Å². The number of carboxylic acid groups (broad SMARTS) is 1. The third kappa shape index (κ3) is 4.66. The zero-order chi connectivity index (χ0) is 19.6. The molecule has 2 aromatic rings. The van der Waals surface area contributed by atoms with Gasteiger partial charge >= 0.3 is 5.97 Å². The quantitative estimate of drug-likeness (QED) is 0.720. The van der Waals surface area contributed by atoms with Crippen molar-refractivity contribution in [1.82, 2.24) is 20.1 Å². The molecule has 1 aliphatic carbocycles. The molecule has 27 heavy (non-hydrogen) atoms. The molecule has 3 rings (SSSR count). The first-order valence-electron chi connectivity index (χ1n) is 9.09. The molecule has 2 N–H and O–H groups in total. The summed E-state index contributed by atoms with van der Waals surface area (Å²) >= 11 is 6.28.